The summed E-state index contributed by atoms with van der Waals surface area (Å²) in [6.45, 7) is 0.835. The average molecular weight is 928 g/mol. The standard InChI is InChI=1S/C36H51N9O16P2/c1-2-3-4-5-6-7-9-24(46)43-13-11-20(43)35(48)61-28-21(58-33(27(28)47)45-19-41-26-31(38)39-18-40-32(26)45)16-56-62(50,51)30-22(17-57-63(52,53)54)59-34(29(30)60-25-10-8-15-55-25)44-14-12-23(37)42-36(44)49/h5-6,12,14,18-22,25,27-30,33-34,47H,2-4,7-11,13,15-17H2,1H3,(H,50,51)(H2,37,42,49)(H2,38,39,40)(H2,52,53,54)/b6-5+/t20-,21+,22+,25?,27+,28+,29+,30+,33+,34+/m0/s1. The van der Waals surface area contributed by atoms with Crippen LogP contribution in [0.15, 0.2) is 41.9 Å². The number of hydrogen-bond acceptors (Lipinski definition) is 19. The van der Waals surface area contributed by atoms with E-state index in [4.69, 9.17) is 44.2 Å². The van der Waals surface area contributed by atoms with E-state index in [0.717, 1.165) is 30.2 Å². The van der Waals surface area contributed by atoms with Gasteiger partial charge in [-0.25, -0.2) is 29.1 Å². The predicted octanol–water partition coefficient (Wildman–Crippen LogP) is 0.644. The van der Waals surface area contributed by atoms with Crippen molar-refractivity contribution in [2.75, 3.05) is 37.8 Å². The van der Waals surface area contributed by atoms with Gasteiger partial charge in [-0.15, -0.1) is 0 Å². The van der Waals surface area contributed by atoms with E-state index in [0.29, 0.717) is 25.8 Å². The van der Waals surface area contributed by atoms with Gasteiger partial charge in [-0.05, 0) is 31.7 Å². The van der Waals surface area contributed by atoms with Gasteiger partial charge in [0, 0.05) is 32.2 Å². The van der Waals surface area contributed by atoms with Gasteiger partial charge in [0.1, 0.15) is 53.8 Å². The van der Waals surface area contributed by atoms with Gasteiger partial charge in [0.15, 0.2) is 36.3 Å². The lowest BCUT2D eigenvalue weighted by atomic mass is 10.0. The Morgan fingerprint density at radius 2 is 1.75 bits per heavy atom. The Morgan fingerprint density at radius 3 is 2.44 bits per heavy atom. The average Bonchev–Trinajstić information content (AvgIpc) is 4.01. The quantitative estimate of drug-likeness (QED) is 0.0416. The fraction of sp³-hybridized carbons (Fsp3) is 0.639. The molecular formula is C36H51N9O16P2. The van der Waals surface area contributed by atoms with Gasteiger partial charge in [-0.3, -0.25) is 23.0 Å². The molecule has 7 rings (SSSR count). The first kappa shape index (κ1) is 46.8. The van der Waals surface area contributed by atoms with Crippen molar-refractivity contribution in [3.63, 3.8) is 0 Å². The highest BCUT2D eigenvalue weighted by Crippen LogP contribution is 2.58. The number of aromatic nitrogens is 6. The molecule has 3 aromatic heterocycles. The normalized spacial score (nSPS) is 29.6. The second-order valence-electron chi connectivity index (χ2n) is 15.4. The molecule has 4 aliphatic rings. The minimum Gasteiger partial charge on any atom is -0.455 e. The zero-order valence-corrected chi connectivity index (χ0v) is 35.9. The Kier molecular flexibility index (Phi) is 14.8. The van der Waals surface area contributed by atoms with E-state index in [1.165, 1.54) is 28.1 Å². The number of amides is 1. The number of carbonyl (C=O) groups is 2. The number of imidazole rings is 1. The summed E-state index contributed by atoms with van der Waals surface area (Å²) in [5, 5.41) is 11.8. The molecule has 0 bridgehead atoms. The minimum atomic E-state index is -5.20. The molecule has 2 unspecified atom stereocenters. The molecule has 0 aliphatic carbocycles. The second kappa shape index (κ2) is 19.9. The molecule has 4 saturated heterocycles. The zero-order valence-electron chi connectivity index (χ0n) is 34.1. The van der Waals surface area contributed by atoms with Crippen molar-refractivity contribution in [3.05, 3.63) is 47.6 Å². The second-order valence-corrected chi connectivity index (χ2v) is 18.6. The molecule has 27 heteroatoms. The topological polar surface area (TPSA) is 348 Å². The number of nitrogens with two attached hydrogens (primary N) is 2. The van der Waals surface area contributed by atoms with E-state index < -0.39 is 101 Å². The van der Waals surface area contributed by atoms with Crippen LogP contribution in [-0.2, 0) is 51.5 Å². The number of nitrogens with zero attached hydrogens (tertiary/aromatic N) is 7. The summed E-state index contributed by atoms with van der Waals surface area (Å²) in [5.74, 6) is -1.25. The van der Waals surface area contributed by atoms with Crippen LogP contribution in [-0.4, -0.2) is 141 Å². The number of allylic oxidation sites excluding steroid dienone is 2. The lowest BCUT2D eigenvalue weighted by Gasteiger charge is -2.40. The Bertz CT molecular complexity index is 2290. The molecule has 25 nitrogen and oxygen atoms in total. The third-order valence-corrected chi connectivity index (χ3v) is 13.5. The van der Waals surface area contributed by atoms with Crippen LogP contribution >= 0.6 is 15.4 Å². The molecule has 346 valence electrons. The Hall–Kier alpha value is -4.23. The van der Waals surface area contributed by atoms with E-state index in [2.05, 4.69) is 26.9 Å². The summed E-state index contributed by atoms with van der Waals surface area (Å²) >= 11 is 0. The number of rotatable bonds is 19. The molecule has 3 aromatic rings. The molecular weight excluding hydrogens is 876 g/mol. The molecule has 0 saturated carbocycles. The van der Waals surface area contributed by atoms with E-state index in [1.807, 2.05) is 12.2 Å². The monoisotopic (exact) mass is 927 g/mol. The predicted molar refractivity (Wildman–Crippen MR) is 216 cm³/mol. The molecule has 0 spiro atoms. The van der Waals surface area contributed by atoms with Crippen LogP contribution in [0.4, 0.5) is 11.6 Å². The number of likely N-dealkylation sites (tertiary alicyclic amines) is 1. The number of esters is 1. The summed E-state index contributed by atoms with van der Waals surface area (Å²) in [6, 6.07) is 0.275. The van der Waals surface area contributed by atoms with Crippen LogP contribution in [0.3, 0.4) is 0 Å². The lowest BCUT2D eigenvalue weighted by Crippen LogP contribution is -2.57. The van der Waals surface area contributed by atoms with Crippen LogP contribution in [0, 0.1) is 0 Å². The molecule has 4 aliphatic heterocycles. The number of unbranched alkanes of at least 4 members (excludes halogenated alkanes) is 2. The number of carbonyl (C=O) groups excluding carboxylic acids is 2. The van der Waals surface area contributed by atoms with Crippen molar-refractivity contribution in [1.29, 1.82) is 0 Å². The van der Waals surface area contributed by atoms with Gasteiger partial charge in [0.05, 0.1) is 19.5 Å². The van der Waals surface area contributed by atoms with Gasteiger partial charge in [0.25, 0.3) is 0 Å². The van der Waals surface area contributed by atoms with Crippen LogP contribution in [0.2, 0.25) is 0 Å². The number of phosphoric acid groups is 1. The van der Waals surface area contributed by atoms with Crippen molar-refractivity contribution < 1.29 is 71.2 Å². The molecule has 8 N–H and O–H groups in total. The van der Waals surface area contributed by atoms with Crippen LogP contribution in [0.5, 0.6) is 0 Å². The largest absolute Gasteiger partial charge is 0.469 e. The zero-order chi connectivity index (χ0) is 45.1. The first-order chi connectivity index (χ1) is 30.1. The Balaban J connectivity index is 1.15. The molecule has 7 heterocycles. The van der Waals surface area contributed by atoms with Gasteiger partial charge < -0.3 is 64.4 Å². The maximum absolute atomic E-state index is 14.6. The first-order valence-corrected chi connectivity index (χ1v) is 23.6. The summed E-state index contributed by atoms with van der Waals surface area (Å²) in [5.41, 5.74) is 9.20. The minimum absolute atomic E-state index is 0.0210. The number of anilines is 2. The molecule has 4 fully saturated rings. The summed E-state index contributed by atoms with van der Waals surface area (Å²) in [6.07, 6.45) is 0.432. The van der Waals surface area contributed by atoms with Crippen molar-refractivity contribution in [1.82, 2.24) is 34.0 Å². The SMILES string of the molecule is CCCC/C=C/CCC(=O)N1CC[C@H]1C(=O)O[C@H]1[C@@H](O)[C@H](n2cnc3c(N)ncnc32)O[C@@H]1COP(=O)(O)[C@H]1[C@@H](OC2CCCO2)[C@H](n2ccc(N)nc2=O)O[C@@H]1COP(=O)(O)O. The molecule has 0 aromatic carbocycles. The van der Waals surface area contributed by atoms with E-state index in [1.54, 1.807) is 0 Å². The lowest BCUT2D eigenvalue weighted by molar-refractivity contribution is -0.172. The number of phosphoric ester groups is 1. The van der Waals surface area contributed by atoms with Gasteiger partial charge in [-0.1, -0.05) is 31.9 Å². The maximum atomic E-state index is 14.6. The van der Waals surface area contributed by atoms with Crippen molar-refractivity contribution >= 4 is 50.1 Å². The van der Waals surface area contributed by atoms with Crippen molar-refractivity contribution in [3.8, 4) is 0 Å². The number of fused-ring (bicyclic) bond motifs is 1. The Labute approximate surface area is 359 Å². The first-order valence-electron chi connectivity index (χ1n) is 20.4. The number of nitrogen functional groups attached to an aromatic ring is 2. The molecule has 11 atom stereocenters. The van der Waals surface area contributed by atoms with E-state index >= 15 is 0 Å². The molecule has 0 radical (unpaired) electrons. The number of hydrogen-bond donors (Lipinski definition) is 6. The van der Waals surface area contributed by atoms with Crippen LogP contribution in [0.1, 0.15) is 70.7 Å². The van der Waals surface area contributed by atoms with Gasteiger partial charge >= 0.3 is 27.1 Å². The highest BCUT2D eigenvalue weighted by atomic mass is 31.2. The van der Waals surface area contributed by atoms with E-state index in [-0.39, 0.29) is 48.2 Å². The summed E-state index contributed by atoms with van der Waals surface area (Å²) in [7, 11) is -10.4. The third-order valence-electron chi connectivity index (χ3n) is 11.1. The molecule has 63 heavy (non-hydrogen) atoms. The maximum Gasteiger partial charge on any atom is 0.469 e. The number of aliphatic hydroxyl groups excluding tert-OH is 1. The third kappa shape index (κ3) is 10.7. The Morgan fingerprint density at radius 1 is 0.984 bits per heavy atom. The summed E-state index contributed by atoms with van der Waals surface area (Å²) in [4.78, 5) is 88.3. The fourth-order valence-electron chi connectivity index (χ4n) is 7.85. The number of ether oxygens (including phenoxy) is 5. The van der Waals surface area contributed by atoms with Crippen LogP contribution in [0.25, 0.3) is 11.2 Å². The fourth-order valence-corrected chi connectivity index (χ4v) is 9.89. The molecule has 1 amide bonds. The summed E-state index contributed by atoms with van der Waals surface area (Å²) < 4.78 is 68.9. The van der Waals surface area contributed by atoms with E-state index in [9.17, 15) is 43.3 Å². The number of aliphatic hydroxyl groups is 1. The van der Waals surface area contributed by atoms with Crippen molar-refractivity contribution in [2.24, 2.45) is 0 Å². The van der Waals surface area contributed by atoms with Crippen LogP contribution < -0.4 is 17.2 Å². The smallest absolute Gasteiger partial charge is 0.455 e. The van der Waals surface area contributed by atoms with Gasteiger partial charge in [-0.2, -0.15) is 4.98 Å². The van der Waals surface area contributed by atoms with Crippen molar-refractivity contribution in [2.45, 2.75) is 119 Å². The highest BCUT2D eigenvalue weighted by Gasteiger charge is 2.58. The van der Waals surface area contributed by atoms with Gasteiger partial charge in [0.2, 0.25) is 5.91 Å². The highest BCUT2D eigenvalue weighted by molar-refractivity contribution is 7.53.